The van der Waals surface area contributed by atoms with Crippen molar-refractivity contribution in [1.82, 2.24) is 5.32 Å². The highest BCUT2D eigenvalue weighted by atomic mass is 35.5. The predicted octanol–water partition coefficient (Wildman–Crippen LogP) is 2.97. The first-order chi connectivity index (χ1) is 12.8. The third kappa shape index (κ3) is 4.82. The van der Waals surface area contributed by atoms with Crippen molar-refractivity contribution in [3.8, 4) is 0 Å². The van der Waals surface area contributed by atoms with Crippen molar-refractivity contribution in [2.24, 2.45) is 0 Å². The second-order valence-corrected chi connectivity index (χ2v) is 7.43. The van der Waals surface area contributed by atoms with Crippen molar-refractivity contribution < 1.29 is 29.0 Å². The average Bonchev–Trinajstić information content (AvgIpc) is 2.81. The van der Waals surface area contributed by atoms with Gasteiger partial charge in [0.1, 0.15) is 5.54 Å². The second-order valence-electron chi connectivity index (χ2n) is 5.89. The number of aliphatic carboxylic acids is 1. The van der Waals surface area contributed by atoms with Crippen molar-refractivity contribution in [2.45, 2.75) is 23.6 Å². The minimum atomic E-state index is -1.36. The fourth-order valence-electron chi connectivity index (χ4n) is 3.11. The van der Waals surface area contributed by atoms with Crippen molar-refractivity contribution in [3.63, 3.8) is 0 Å². The number of hydrogen-bond acceptors (Lipinski definition) is 7. The molecule has 0 saturated carbocycles. The van der Waals surface area contributed by atoms with Crippen molar-refractivity contribution in [3.05, 3.63) is 46.5 Å². The minimum absolute atomic E-state index is 0.00956. The lowest BCUT2D eigenvalue weighted by molar-refractivity contribution is -0.149. The van der Waals surface area contributed by atoms with E-state index < -0.39 is 28.0 Å². The summed E-state index contributed by atoms with van der Waals surface area (Å²) in [5, 5.41) is 11.8. The van der Waals surface area contributed by atoms with Gasteiger partial charge in [-0.3, -0.25) is 5.32 Å². The van der Waals surface area contributed by atoms with Crippen LogP contribution in [0.1, 0.15) is 18.4 Å². The lowest BCUT2D eigenvalue weighted by Crippen LogP contribution is -2.49. The van der Waals surface area contributed by atoms with Crippen molar-refractivity contribution >= 4 is 40.6 Å². The monoisotopic (exact) mass is 413 g/mol. The van der Waals surface area contributed by atoms with Crippen molar-refractivity contribution in [2.75, 3.05) is 20.8 Å². The first kappa shape index (κ1) is 21.3. The summed E-state index contributed by atoms with van der Waals surface area (Å²) in [6, 6.07) is 6.81. The molecule has 1 aromatic rings. The number of halogens is 1. The zero-order valence-electron chi connectivity index (χ0n) is 14.9. The van der Waals surface area contributed by atoms with E-state index in [-0.39, 0.29) is 6.42 Å². The molecule has 1 aromatic carbocycles. The van der Waals surface area contributed by atoms with Crippen LogP contribution in [0.5, 0.6) is 0 Å². The van der Waals surface area contributed by atoms with Gasteiger partial charge in [-0.1, -0.05) is 29.8 Å². The van der Waals surface area contributed by atoms with E-state index in [9.17, 15) is 19.5 Å². The van der Waals surface area contributed by atoms with E-state index in [1.165, 1.54) is 14.2 Å². The molecular formula is C18H20ClNO6S. The highest BCUT2D eigenvalue weighted by Gasteiger charge is 2.46. The zero-order chi connectivity index (χ0) is 20.0. The summed E-state index contributed by atoms with van der Waals surface area (Å²) < 4.78 is 9.70. The van der Waals surface area contributed by atoms with Gasteiger partial charge in [-0.25, -0.2) is 14.4 Å². The Balaban J connectivity index is 2.56. The number of methoxy groups -OCH3 is 2. The van der Waals surface area contributed by atoms with E-state index >= 15 is 0 Å². The van der Waals surface area contributed by atoms with Gasteiger partial charge in [-0.15, -0.1) is 0 Å². The van der Waals surface area contributed by atoms with Gasteiger partial charge >= 0.3 is 17.2 Å². The number of carbonyl (C=O) groups excluding carboxylic acids is 2. The molecule has 2 atom stereocenters. The van der Waals surface area contributed by atoms with E-state index in [1.807, 2.05) is 0 Å². The smallest absolute Gasteiger partial charge is 0.367 e. The number of carboxylic acids is 1. The molecule has 1 aliphatic heterocycles. The fraction of sp³-hybridized carbons (Fsp3) is 0.389. The van der Waals surface area contributed by atoms with Crippen LogP contribution in [0, 0.1) is 0 Å². The molecule has 0 spiro atoms. The lowest BCUT2D eigenvalue weighted by Gasteiger charge is -2.32. The molecule has 0 radical (unpaired) electrons. The molecule has 146 valence electrons. The summed E-state index contributed by atoms with van der Waals surface area (Å²) in [5.41, 5.74) is -0.466. The number of carboxylic acid groups (broad SMARTS) is 1. The molecule has 0 bridgehead atoms. The lowest BCUT2D eigenvalue weighted by atomic mass is 9.83. The number of rotatable bonds is 4. The van der Waals surface area contributed by atoms with Gasteiger partial charge in [0.25, 0.3) is 0 Å². The minimum Gasteiger partial charge on any atom is -0.478 e. The van der Waals surface area contributed by atoms with Gasteiger partial charge in [0.05, 0.1) is 14.2 Å². The average molecular weight is 414 g/mol. The molecule has 1 saturated heterocycles. The van der Waals surface area contributed by atoms with Gasteiger partial charge in [0.15, 0.2) is 0 Å². The summed E-state index contributed by atoms with van der Waals surface area (Å²) in [6.45, 7) is 0.339. The largest absolute Gasteiger partial charge is 0.478 e. The molecule has 1 heterocycles. The van der Waals surface area contributed by atoms with Crippen LogP contribution in [0.3, 0.4) is 0 Å². The fourth-order valence-corrected chi connectivity index (χ4v) is 4.28. The SMILES string of the molecule is COC(=O)SC1CCNC(C(=O)OC)(c2ccccc2Cl)C/C1=C\C(=O)O. The van der Waals surface area contributed by atoms with Crippen LogP contribution in [0.4, 0.5) is 4.79 Å². The Hall–Kier alpha value is -2.03. The first-order valence-electron chi connectivity index (χ1n) is 8.10. The quantitative estimate of drug-likeness (QED) is 0.573. The van der Waals surface area contributed by atoms with Gasteiger partial charge < -0.3 is 14.6 Å². The Bertz CT molecular complexity index is 768. The van der Waals surface area contributed by atoms with Crippen LogP contribution < -0.4 is 5.32 Å². The molecule has 9 heteroatoms. The molecule has 0 amide bonds. The van der Waals surface area contributed by atoms with Crippen LogP contribution in [-0.2, 0) is 24.6 Å². The number of hydrogen-bond donors (Lipinski definition) is 2. The summed E-state index contributed by atoms with van der Waals surface area (Å²) in [6.07, 6.45) is 1.44. The molecule has 2 rings (SSSR count). The maximum absolute atomic E-state index is 12.8. The number of benzene rings is 1. The van der Waals surface area contributed by atoms with Gasteiger partial charge in [0, 0.05) is 28.3 Å². The number of ether oxygens (including phenoxy) is 2. The highest BCUT2D eigenvalue weighted by Crippen LogP contribution is 2.40. The summed E-state index contributed by atoms with van der Waals surface area (Å²) in [5.74, 6) is -1.75. The van der Waals surface area contributed by atoms with Crippen LogP contribution in [0.15, 0.2) is 35.9 Å². The van der Waals surface area contributed by atoms with E-state index in [4.69, 9.17) is 16.3 Å². The number of esters is 1. The molecule has 1 aliphatic rings. The molecule has 2 N–H and O–H groups in total. The predicted molar refractivity (Wildman–Crippen MR) is 102 cm³/mol. The molecular weight excluding hydrogens is 394 g/mol. The summed E-state index contributed by atoms with van der Waals surface area (Å²) >= 11 is 7.22. The van der Waals surface area contributed by atoms with Crippen LogP contribution in [0.25, 0.3) is 0 Å². The maximum atomic E-state index is 12.8. The Labute approximate surface area is 166 Å². The molecule has 1 fully saturated rings. The third-order valence-electron chi connectivity index (χ3n) is 4.30. The van der Waals surface area contributed by atoms with Crippen LogP contribution in [0.2, 0.25) is 5.02 Å². The Morgan fingerprint density at radius 3 is 2.59 bits per heavy atom. The molecule has 0 aromatic heterocycles. The van der Waals surface area contributed by atoms with E-state index in [2.05, 4.69) is 10.1 Å². The number of nitrogens with one attached hydrogen (secondary N) is 1. The molecule has 7 nitrogen and oxygen atoms in total. The first-order valence-corrected chi connectivity index (χ1v) is 9.36. The molecule has 27 heavy (non-hydrogen) atoms. The third-order valence-corrected chi connectivity index (χ3v) is 5.81. The summed E-state index contributed by atoms with van der Waals surface area (Å²) in [7, 11) is 2.52. The van der Waals surface area contributed by atoms with Crippen LogP contribution >= 0.6 is 23.4 Å². The highest BCUT2D eigenvalue weighted by molar-refractivity contribution is 8.13. The van der Waals surface area contributed by atoms with E-state index in [0.717, 1.165) is 17.8 Å². The number of carbonyl (C=O) groups is 3. The Kier molecular flexibility index (Phi) is 7.29. The van der Waals surface area contributed by atoms with E-state index in [1.54, 1.807) is 24.3 Å². The topological polar surface area (TPSA) is 102 Å². The summed E-state index contributed by atoms with van der Waals surface area (Å²) in [4.78, 5) is 35.9. The Morgan fingerprint density at radius 1 is 1.30 bits per heavy atom. The van der Waals surface area contributed by atoms with Gasteiger partial charge in [-0.2, -0.15) is 0 Å². The molecule has 0 aliphatic carbocycles. The zero-order valence-corrected chi connectivity index (χ0v) is 16.4. The standard InChI is InChI=1S/C18H20ClNO6S/c1-25-16(23)18(12-5-3-4-6-13(12)19)10-11(9-15(21)22)14(7-8-20-18)27-17(24)26-2/h3-6,9,14,20H,7-8,10H2,1-2H3,(H,21,22)/b11-9+. The van der Waals surface area contributed by atoms with Gasteiger partial charge in [-0.05, 0) is 36.4 Å². The Morgan fingerprint density at radius 2 is 2.00 bits per heavy atom. The van der Waals surface area contributed by atoms with E-state index in [0.29, 0.717) is 29.1 Å². The van der Waals surface area contributed by atoms with Crippen molar-refractivity contribution in [1.29, 1.82) is 0 Å². The maximum Gasteiger partial charge on any atom is 0.367 e. The normalized spacial score (nSPS) is 24.1. The van der Waals surface area contributed by atoms with Gasteiger partial charge in [0.2, 0.25) is 0 Å². The van der Waals surface area contributed by atoms with Crippen LogP contribution in [-0.4, -0.2) is 48.4 Å². The molecule has 2 unspecified atom stereocenters. The number of thioether (sulfide) groups is 1. The second kappa shape index (κ2) is 9.25.